The van der Waals surface area contributed by atoms with Gasteiger partial charge in [-0.1, -0.05) is 6.92 Å². The molecule has 0 unspecified atom stereocenters. The Hall–Kier alpha value is -0.760. The zero-order valence-corrected chi connectivity index (χ0v) is 8.17. The lowest BCUT2D eigenvalue weighted by Crippen LogP contribution is -2.13. The molecule has 1 rings (SSSR count). The molecule has 1 heterocycles. The predicted molar refractivity (Wildman–Crippen MR) is 52.2 cm³/mol. The minimum absolute atomic E-state index is 0.614. The number of hydrogen-bond acceptors (Lipinski definition) is 1. The quantitative estimate of drug-likeness (QED) is 0.725. The summed E-state index contributed by atoms with van der Waals surface area (Å²) in [5, 5.41) is 3.17. The zero-order valence-electron chi connectivity index (χ0n) is 8.17. The van der Waals surface area contributed by atoms with E-state index in [2.05, 4.69) is 42.1 Å². The van der Waals surface area contributed by atoms with Gasteiger partial charge in [-0.05, 0) is 32.5 Å². The van der Waals surface area contributed by atoms with Crippen LogP contribution in [-0.4, -0.2) is 11.6 Å². The van der Waals surface area contributed by atoms with Gasteiger partial charge in [-0.3, -0.25) is 0 Å². The molecular weight excluding hydrogens is 148 g/mol. The average molecular weight is 166 g/mol. The molecule has 0 aliphatic heterocycles. The number of aromatic nitrogens is 1. The highest BCUT2D eigenvalue weighted by Crippen LogP contribution is 2.13. The van der Waals surface area contributed by atoms with Crippen LogP contribution in [0, 0.1) is 0 Å². The highest BCUT2D eigenvalue weighted by atomic mass is 15.0. The van der Waals surface area contributed by atoms with Crippen molar-refractivity contribution in [1.29, 1.82) is 0 Å². The van der Waals surface area contributed by atoms with Crippen molar-refractivity contribution in [1.82, 2.24) is 9.88 Å². The van der Waals surface area contributed by atoms with E-state index in [1.165, 1.54) is 12.1 Å². The van der Waals surface area contributed by atoms with Crippen molar-refractivity contribution in [2.75, 3.05) is 7.05 Å². The molecule has 0 fully saturated rings. The first-order valence-electron chi connectivity index (χ1n) is 4.60. The Labute approximate surface area is 74.6 Å². The van der Waals surface area contributed by atoms with Crippen LogP contribution in [0.15, 0.2) is 18.3 Å². The lowest BCUT2D eigenvalue weighted by Gasteiger charge is -2.15. The molecular formula is C10H18N2. The molecule has 2 nitrogen and oxygen atoms in total. The van der Waals surface area contributed by atoms with E-state index in [-0.39, 0.29) is 0 Å². The number of nitrogens with one attached hydrogen (secondary N) is 1. The van der Waals surface area contributed by atoms with Crippen molar-refractivity contribution in [3.05, 3.63) is 24.0 Å². The SMILES string of the molecule is CC[C@@H](C)n1cccc1CNC. The standard InChI is InChI=1S/C10H18N2/c1-4-9(2)12-7-5-6-10(12)8-11-3/h5-7,9,11H,4,8H2,1-3H3/t9-/m1/s1. The van der Waals surface area contributed by atoms with Crippen LogP contribution in [0.5, 0.6) is 0 Å². The van der Waals surface area contributed by atoms with Crippen LogP contribution in [0.1, 0.15) is 32.0 Å². The molecule has 0 saturated carbocycles. The van der Waals surface area contributed by atoms with Gasteiger partial charge >= 0.3 is 0 Å². The Balaban J connectivity index is 2.76. The third kappa shape index (κ3) is 1.89. The van der Waals surface area contributed by atoms with E-state index >= 15 is 0 Å². The van der Waals surface area contributed by atoms with Crippen LogP contribution in [0.25, 0.3) is 0 Å². The van der Waals surface area contributed by atoms with E-state index < -0.39 is 0 Å². The Bertz CT molecular complexity index is 227. The van der Waals surface area contributed by atoms with Crippen LogP contribution in [0.4, 0.5) is 0 Å². The molecule has 2 heteroatoms. The van der Waals surface area contributed by atoms with Crippen LogP contribution in [0.3, 0.4) is 0 Å². The molecule has 0 aliphatic carbocycles. The summed E-state index contributed by atoms with van der Waals surface area (Å²) in [6.45, 7) is 5.42. The summed E-state index contributed by atoms with van der Waals surface area (Å²) in [6, 6.07) is 4.89. The molecule has 0 radical (unpaired) electrons. The van der Waals surface area contributed by atoms with Crippen LogP contribution in [-0.2, 0) is 6.54 Å². The molecule has 0 amide bonds. The maximum absolute atomic E-state index is 3.17. The van der Waals surface area contributed by atoms with Crippen LogP contribution < -0.4 is 5.32 Å². The lowest BCUT2D eigenvalue weighted by molar-refractivity contribution is 0.508. The summed E-state index contributed by atoms with van der Waals surface area (Å²) in [5.74, 6) is 0. The zero-order chi connectivity index (χ0) is 8.97. The van der Waals surface area contributed by atoms with Gasteiger partial charge in [-0.25, -0.2) is 0 Å². The minimum Gasteiger partial charge on any atom is -0.347 e. The summed E-state index contributed by atoms with van der Waals surface area (Å²) < 4.78 is 2.33. The van der Waals surface area contributed by atoms with E-state index in [0.717, 1.165) is 6.54 Å². The van der Waals surface area contributed by atoms with Crippen LogP contribution >= 0.6 is 0 Å². The molecule has 1 N–H and O–H groups in total. The maximum atomic E-state index is 3.17. The van der Waals surface area contributed by atoms with Gasteiger partial charge in [0.1, 0.15) is 0 Å². The van der Waals surface area contributed by atoms with Crippen molar-refractivity contribution in [3.8, 4) is 0 Å². The summed E-state index contributed by atoms with van der Waals surface area (Å²) in [6.07, 6.45) is 3.34. The second-order valence-corrected chi connectivity index (χ2v) is 3.19. The van der Waals surface area contributed by atoms with E-state index in [9.17, 15) is 0 Å². The van der Waals surface area contributed by atoms with Crippen molar-refractivity contribution >= 4 is 0 Å². The Kier molecular flexibility index (Phi) is 3.35. The topological polar surface area (TPSA) is 17.0 Å². The van der Waals surface area contributed by atoms with Gasteiger partial charge in [0.2, 0.25) is 0 Å². The molecule has 68 valence electrons. The smallest absolute Gasteiger partial charge is 0.0357 e. The summed E-state index contributed by atoms with van der Waals surface area (Å²) in [4.78, 5) is 0. The van der Waals surface area contributed by atoms with Gasteiger partial charge in [-0.15, -0.1) is 0 Å². The Morgan fingerprint density at radius 1 is 1.58 bits per heavy atom. The molecule has 1 aromatic heterocycles. The fraction of sp³-hybridized carbons (Fsp3) is 0.600. The van der Waals surface area contributed by atoms with Crippen molar-refractivity contribution in [2.45, 2.75) is 32.9 Å². The second kappa shape index (κ2) is 4.31. The fourth-order valence-electron chi connectivity index (χ4n) is 1.39. The normalized spacial score (nSPS) is 13.2. The highest BCUT2D eigenvalue weighted by molar-refractivity contribution is 5.08. The van der Waals surface area contributed by atoms with E-state index in [0.29, 0.717) is 6.04 Å². The highest BCUT2D eigenvalue weighted by Gasteiger charge is 2.04. The first-order chi connectivity index (χ1) is 5.79. The number of rotatable bonds is 4. The molecule has 0 spiro atoms. The monoisotopic (exact) mass is 166 g/mol. The summed E-state index contributed by atoms with van der Waals surface area (Å²) in [7, 11) is 1.98. The van der Waals surface area contributed by atoms with E-state index in [1.807, 2.05) is 7.05 Å². The first kappa shape index (κ1) is 9.33. The molecule has 1 atom stereocenters. The van der Waals surface area contributed by atoms with Gasteiger partial charge in [0.25, 0.3) is 0 Å². The minimum atomic E-state index is 0.614. The van der Waals surface area contributed by atoms with Crippen LogP contribution in [0.2, 0.25) is 0 Å². The van der Waals surface area contributed by atoms with Gasteiger partial charge in [0, 0.05) is 24.5 Å². The average Bonchev–Trinajstić information content (AvgIpc) is 2.52. The summed E-state index contributed by atoms with van der Waals surface area (Å²) in [5.41, 5.74) is 1.37. The van der Waals surface area contributed by atoms with Crippen molar-refractivity contribution in [2.24, 2.45) is 0 Å². The molecule has 1 aromatic rings. The van der Waals surface area contributed by atoms with Gasteiger partial charge in [0.15, 0.2) is 0 Å². The maximum Gasteiger partial charge on any atom is 0.0357 e. The third-order valence-corrected chi connectivity index (χ3v) is 2.29. The summed E-state index contributed by atoms with van der Waals surface area (Å²) >= 11 is 0. The predicted octanol–water partition coefficient (Wildman–Crippen LogP) is 2.18. The Morgan fingerprint density at radius 3 is 2.92 bits per heavy atom. The Morgan fingerprint density at radius 2 is 2.33 bits per heavy atom. The third-order valence-electron chi connectivity index (χ3n) is 2.29. The number of nitrogens with zero attached hydrogens (tertiary/aromatic N) is 1. The first-order valence-corrected chi connectivity index (χ1v) is 4.60. The molecule has 12 heavy (non-hydrogen) atoms. The van der Waals surface area contributed by atoms with Gasteiger partial charge in [-0.2, -0.15) is 0 Å². The molecule has 0 aliphatic rings. The van der Waals surface area contributed by atoms with E-state index in [1.54, 1.807) is 0 Å². The lowest BCUT2D eigenvalue weighted by atomic mass is 10.2. The van der Waals surface area contributed by atoms with Gasteiger partial charge in [0.05, 0.1) is 0 Å². The molecule has 0 aromatic carbocycles. The van der Waals surface area contributed by atoms with Gasteiger partial charge < -0.3 is 9.88 Å². The molecule has 0 bridgehead atoms. The molecule has 0 saturated heterocycles. The fourth-order valence-corrected chi connectivity index (χ4v) is 1.39. The van der Waals surface area contributed by atoms with Crippen molar-refractivity contribution in [3.63, 3.8) is 0 Å². The largest absolute Gasteiger partial charge is 0.347 e. The second-order valence-electron chi connectivity index (χ2n) is 3.19. The van der Waals surface area contributed by atoms with Crippen molar-refractivity contribution < 1.29 is 0 Å². The van der Waals surface area contributed by atoms with E-state index in [4.69, 9.17) is 0 Å². The number of hydrogen-bond donors (Lipinski definition) is 1.